The molecule has 0 fully saturated rings. The minimum absolute atomic E-state index is 0.286. The third-order valence-electron chi connectivity index (χ3n) is 4.15. The Bertz CT molecular complexity index is 901. The van der Waals surface area contributed by atoms with E-state index in [0.29, 0.717) is 47.3 Å². The van der Waals surface area contributed by atoms with Crippen molar-refractivity contribution in [2.24, 2.45) is 0 Å². The molecule has 0 saturated heterocycles. The topological polar surface area (TPSA) is 91.2 Å². The van der Waals surface area contributed by atoms with Crippen molar-refractivity contribution in [1.82, 2.24) is 5.32 Å². The third kappa shape index (κ3) is 7.73. The summed E-state index contributed by atoms with van der Waals surface area (Å²) in [6.07, 6.45) is 3.54. The van der Waals surface area contributed by atoms with E-state index >= 15 is 0 Å². The molecule has 2 rings (SSSR count). The lowest BCUT2D eigenvalue weighted by atomic mass is 10.1. The molecule has 1 atom stereocenters. The van der Waals surface area contributed by atoms with Crippen LogP contribution in [0.1, 0.15) is 29.6 Å². The molecule has 30 heavy (non-hydrogen) atoms. The number of benzene rings is 2. The minimum atomic E-state index is -0.669. The van der Waals surface area contributed by atoms with Crippen LogP contribution in [-0.2, 0) is 4.79 Å². The van der Waals surface area contributed by atoms with Crippen LogP contribution in [0.15, 0.2) is 53.0 Å². The number of nitrogens with one attached hydrogen (secondary N) is 2. The largest absolute Gasteiger partial charge is 0.493 e. The smallest absolute Gasteiger partial charge is 0.253 e. The molecular weight excluding hydrogens is 466 g/mol. The summed E-state index contributed by atoms with van der Waals surface area (Å²) in [5.74, 6) is 0.754. The Kier molecular flexibility index (Phi) is 10.3. The van der Waals surface area contributed by atoms with E-state index in [1.165, 1.54) is 0 Å². The van der Waals surface area contributed by atoms with Crippen LogP contribution in [0.3, 0.4) is 0 Å². The number of thioether (sulfide) groups is 1. The van der Waals surface area contributed by atoms with Crippen molar-refractivity contribution >= 4 is 45.2 Å². The van der Waals surface area contributed by atoms with Crippen LogP contribution in [-0.4, -0.2) is 36.5 Å². The van der Waals surface area contributed by atoms with Crippen LogP contribution in [0.2, 0.25) is 0 Å². The Morgan fingerprint density at radius 2 is 2.03 bits per heavy atom. The summed E-state index contributed by atoms with van der Waals surface area (Å²) < 4.78 is 6.28. The van der Waals surface area contributed by atoms with Gasteiger partial charge in [0.1, 0.15) is 11.8 Å². The number of ether oxygens (including phenoxy) is 1. The standard InChI is InChI=1S/C22H24BrN3O3S/c1-30-14-11-20(26-21(27)18-9-2-3-10-19(18)23)22(28)25-16-7-6-8-17(15-16)29-13-5-4-12-24/h2-3,6-10,15,20H,4-5,11,13-14H2,1H3,(H,25,28)(H,26,27). The van der Waals surface area contributed by atoms with Gasteiger partial charge in [-0.3, -0.25) is 9.59 Å². The number of anilines is 1. The molecule has 2 N–H and O–H groups in total. The average Bonchev–Trinajstić information content (AvgIpc) is 2.74. The predicted octanol–water partition coefficient (Wildman–Crippen LogP) is 4.62. The van der Waals surface area contributed by atoms with E-state index in [1.807, 2.05) is 12.3 Å². The van der Waals surface area contributed by atoms with Crippen LogP contribution in [0.4, 0.5) is 5.69 Å². The van der Waals surface area contributed by atoms with Crippen LogP contribution in [0.5, 0.6) is 5.75 Å². The first-order valence-corrected chi connectivity index (χ1v) is 11.7. The third-order valence-corrected chi connectivity index (χ3v) is 5.49. The first-order valence-electron chi connectivity index (χ1n) is 9.50. The molecule has 2 aromatic carbocycles. The van der Waals surface area contributed by atoms with Crippen LogP contribution in [0.25, 0.3) is 0 Å². The molecule has 6 nitrogen and oxygen atoms in total. The fourth-order valence-electron chi connectivity index (χ4n) is 2.62. The van der Waals surface area contributed by atoms with Crippen molar-refractivity contribution in [3.05, 3.63) is 58.6 Å². The van der Waals surface area contributed by atoms with Crippen molar-refractivity contribution in [2.45, 2.75) is 25.3 Å². The van der Waals surface area contributed by atoms with Gasteiger partial charge in [0.15, 0.2) is 0 Å². The highest BCUT2D eigenvalue weighted by Gasteiger charge is 2.22. The van der Waals surface area contributed by atoms with Crippen molar-refractivity contribution in [3.63, 3.8) is 0 Å². The van der Waals surface area contributed by atoms with E-state index < -0.39 is 6.04 Å². The zero-order valence-corrected chi connectivity index (χ0v) is 19.1. The van der Waals surface area contributed by atoms with E-state index in [0.717, 1.165) is 5.75 Å². The Morgan fingerprint density at radius 1 is 1.23 bits per heavy atom. The van der Waals surface area contributed by atoms with E-state index in [-0.39, 0.29) is 11.8 Å². The molecule has 2 aromatic rings. The van der Waals surface area contributed by atoms with E-state index in [2.05, 4.69) is 32.6 Å². The van der Waals surface area contributed by atoms with E-state index in [1.54, 1.807) is 54.2 Å². The summed E-state index contributed by atoms with van der Waals surface area (Å²) in [6, 6.07) is 15.6. The van der Waals surface area contributed by atoms with Crippen molar-refractivity contribution < 1.29 is 14.3 Å². The predicted molar refractivity (Wildman–Crippen MR) is 124 cm³/mol. The fourth-order valence-corrected chi connectivity index (χ4v) is 3.56. The lowest BCUT2D eigenvalue weighted by Crippen LogP contribution is -2.44. The second-order valence-electron chi connectivity index (χ2n) is 6.41. The monoisotopic (exact) mass is 489 g/mol. The number of hydrogen-bond acceptors (Lipinski definition) is 5. The van der Waals surface area contributed by atoms with Crippen LogP contribution in [0, 0.1) is 11.3 Å². The summed E-state index contributed by atoms with van der Waals surface area (Å²) in [6.45, 7) is 0.434. The number of carbonyl (C=O) groups is 2. The zero-order chi connectivity index (χ0) is 21.8. The highest BCUT2D eigenvalue weighted by Crippen LogP contribution is 2.19. The average molecular weight is 490 g/mol. The molecule has 2 amide bonds. The number of hydrogen-bond donors (Lipinski definition) is 2. The van der Waals surface area contributed by atoms with Gasteiger partial charge in [-0.15, -0.1) is 0 Å². The maximum Gasteiger partial charge on any atom is 0.253 e. The molecule has 0 aliphatic carbocycles. The lowest BCUT2D eigenvalue weighted by molar-refractivity contribution is -0.118. The summed E-state index contributed by atoms with van der Waals surface area (Å²) in [4.78, 5) is 25.5. The van der Waals surface area contributed by atoms with Gasteiger partial charge in [-0.2, -0.15) is 17.0 Å². The van der Waals surface area contributed by atoms with Gasteiger partial charge in [0.05, 0.1) is 18.2 Å². The molecule has 0 saturated carbocycles. The second-order valence-corrected chi connectivity index (χ2v) is 8.25. The number of halogens is 1. The molecular formula is C22H24BrN3O3S. The quantitative estimate of drug-likeness (QED) is 0.449. The number of amides is 2. The molecule has 0 bridgehead atoms. The highest BCUT2D eigenvalue weighted by atomic mass is 79.9. The second kappa shape index (κ2) is 12.9. The SMILES string of the molecule is CSCCC(NC(=O)c1ccccc1Br)C(=O)Nc1cccc(OCCCC#N)c1. The zero-order valence-electron chi connectivity index (χ0n) is 16.7. The Labute approximate surface area is 189 Å². The number of unbranched alkanes of at least 4 members (excludes halogenated alkanes) is 1. The number of rotatable bonds is 11. The van der Waals surface area contributed by atoms with Gasteiger partial charge in [-0.05, 0) is 65.0 Å². The van der Waals surface area contributed by atoms with Gasteiger partial charge in [0.2, 0.25) is 5.91 Å². The molecule has 0 heterocycles. The van der Waals surface area contributed by atoms with Crippen molar-refractivity contribution in [2.75, 3.05) is 23.9 Å². The molecule has 0 aliphatic heterocycles. The molecule has 0 spiro atoms. The minimum Gasteiger partial charge on any atom is -0.493 e. The maximum absolute atomic E-state index is 12.9. The molecule has 0 aliphatic rings. The van der Waals surface area contributed by atoms with E-state index in [9.17, 15) is 9.59 Å². The lowest BCUT2D eigenvalue weighted by Gasteiger charge is -2.19. The number of nitrogens with zero attached hydrogens (tertiary/aromatic N) is 1. The van der Waals surface area contributed by atoms with Crippen LogP contribution < -0.4 is 15.4 Å². The fraction of sp³-hybridized carbons (Fsp3) is 0.318. The number of nitriles is 1. The molecule has 0 aromatic heterocycles. The first kappa shape index (κ1) is 23.8. The summed E-state index contributed by atoms with van der Waals surface area (Å²) >= 11 is 4.98. The Morgan fingerprint density at radius 3 is 2.77 bits per heavy atom. The van der Waals surface area contributed by atoms with Gasteiger partial charge in [0, 0.05) is 22.6 Å². The van der Waals surface area contributed by atoms with Gasteiger partial charge in [-0.25, -0.2) is 0 Å². The maximum atomic E-state index is 12.9. The first-order chi connectivity index (χ1) is 14.5. The molecule has 158 valence electrons. The summed E-state index contributed by atoms with van der Waals surface area (Å²) in [5, 5.41) is 14.3. The summed E-state index contributed by atoms with van der Waals surface area (Å²) in [7, 11) is 0. The molecule has 8 heteroatoms. The van der Waals surface area contributed by atoms with Crippen LogP contribution >= 0.6 is 27.7 Å². The Hall–Kier alpha value is -2.50. The normalized spacial score (nSPS) is 11.2. The molecule has 1 unspecified atom stereocenters. The molecule has 0 radical (unpaired) electrons. The Balaban J connectivity index is 2.03. The van der Waals surface area contributed by atoms with Crippen molar-refractivity contribution in [1.29, 1.82) is 5.26 Å². The summed E-state index contributed by atoms with van der Waals surface area (Å²) in [5.41, 5.74) is 1.06. The van der Waals surface area contributed by atoms with Gasteiger partial charge in [0.25, 0.3) is 5.91 Å². The van der Waals surface area contributed by atoms with Gasteiger partial charge >= 0.3 is 0 Å². The number of carbonyl (C=O) groups excluding carboxylic acids is 2. The highest BCUT2D eigenvalue weighted by molar-refractivity contribution is 9.10. The van der Waals surface area contributed by atoms with Gasteiger partial charge < -0.3 is 15.4 Å². The van der Waals surface area contributed by atoms with Gasteiger partial charge in [-0.1, -0.05) is 18.2 Å². The van der Waals surface area contributed by atoms with Crippen molar-refractivity contribution in [3.8, 4) is 11.8 Å². The van der Waals surface area contributed by atoms with E-state index in [4.69, 9.17) is 10.00 Å².